The monoisotopic (exact) mass is 722 g/mol. The zero-order valence-electron chi connectivity index (χ0n) is 27.8. The molecule has 49 heavy (non-hydrogen) atoms. The first-order chi connectivity index (χ1) is 23.5. The molecule has 0 radical (unpaired) electrons. The molecule has 0 amide bonds. The summed E-state index contributed by atoms with van der Waals surface area (Å²) in [6.07, 6.45) is 0. The molecule has 2 aromatic carbocycles. The van der Waals surface area contributed by atoms with E-state index in [1.807, 2.05) is 25.2 Å². The van der Waals surface area contributed by atoms with Gasteiger partial charge in [0, 0.05) is 38.7 Å². The second kappa shape index (κ2) is 17.0. The van der Waals surface area contributed by atoms with Crippen molar-refractivity contribution < 1.29 is 27.9 Å². The van der Waals surface area contributed by atoms with Crippen LogP contribution in [0, 0.1) is 13.8 Å². The minimum atomic E-state index is -0.686. The molecule has 0 aliphatic rings. The standard InChI is InChI=1S/C18H17NO4S.C10H9NO4S.C8H9Cl/c1-11-4-6-12(7-5-11)10-19(2)16-9-14-15(24-16)8-13(17(20)22-3)18(21)23-14;1-11-8-4-6-7(16-8)3-5(9(12)14-2)10(13)15-6;1-7-2-4-8(6-9)5-3-7/h4-9H,10H2,1-3H3;3-4,11H,1-2H3;2-5H,6H2,1H3. The van der Waals surface area contributed by atoms with Crippen LogP contribution in [-0.4, -0.2) is 40.3 Å². The van der Waals surface area contributed by atoms with Crippen molar-refractivity contribution >= 4 is 76.8 Å². The van der Waals surface area contributed by atoms with E-state index in [1.54, 1.807) is 13.1 Å². The largest absolute Gasteiger partial charge is 0.465 e. The quantitative estimate of drug-likeness (QED) is 0.128. The van der Waals surface area contributed by atoms with E-state index in [0.29, 0.717) is 17.0 Å². The van der Waals surface area contributed by atoms with Crippen LogP contribution in [0.3, 0.4) is 0 Å². The van der Waals surface area contributed by atoms with Gasteiger partial charge in [-0.3, -0.25) is 0 Å². The number of alkyl halides is 1. The highest BCUT2D eigenvalue weighted by atomic mass is 35.5. The van der Waals surface area contributed by atoms with Crippen LogP contribution in [0.2, 0.25) is 0 Å². The zero-order chi connectivity index (χ0) is 35.7. The van der Waals surface area contributed by atoms with E-state index < -0.39 is 23.2 Å². The molecule has 0 unspecified atom stereocenters. The Morgan fingerprint density at radius 3 is 1.69 bits per heavy atom. The lowest BCUT2D eigenvalue weighted by Crippen LogP contribution is -2.14. The van der Waals surface area contributed by atoms with Crippen molar-refractivity contribution in [2.75, 3.05) is 38.5 Å². The number of fused-ring (bicyclic) bond motifs is 2. The van der Waals surface area contributed by atoms with Crippen molar-refractivity contribution in [1.82, 2.24) is 0 Å². The number of methoxy groups -OCH3 is 2. The van der Waals surface area contributed by atoms with Crippen LogP contribution in [0.5, 0.6) is 0 Å². The summed E-state index contributed by atoms with van der Waals surface area (Å²) in [5, 5.41) is 4.75. The highest BCUT2D eigenvalue weighted by molar-refractivity contribution is 7.23. The molecule has 10 nitrogen and oxygen atoms in total. The summed E-state index contributed by atoms with van der Waals surface area (Å²) in [6, 6.07) is 23.1. The first-order valence-electron chi connectivity index (χ1n) is 14.8. The Morgan fingerprint density at radius 2 is 1.22 bits per heavy atom. The zero-order valence-corrected chi connectivity index (χ0v) is 30.1. The van der Waals surface area contributed by atoms with Crippen LogP contribution >= 0.6 is 34.3 Å². The number of nitrogens with one attached hydrogen (secondary N) is 1. The van der Waals surface area contributed by atoms with Crippen LogP contribution in [-0.2, 0) is 21.9 Å². The lowest BCUT2D eigenvalue weighted by molar-refractivity contribution is 0.0587. The maximum absolute atomic E-state index is 11.9. The summed E-state index contributed by atoms with van der Waals surface area (Å²) in [5.41, 5.74) is 4.29. The Kier molecular flexibility index (Phi) is 12.8. The Balaban J connectivity index is 0.000000185. The Hall–Kier alpha value is -4.91. The van der Waals surface area contributed by atoms with Crippen molar-refractivity contribution in [1.29, 1.82) is 0 Å². The summed E-state index contributed by atoms with van der Waals surface area (Å²) in [6.45, 7) is 4.86. The number of aryl methyl sites for hydroxylation is 2. The predicted octanol–water partition coefficient (Wildman–Crippen LogP) is 8.00. The van der Waals surface area contributed by atoms with Gasteiger partial charge in [0.2, 0.25) is 0 Å². The van der Waals surface area contributed by atoms with Crippen molar-refractivity contribution in [3.8, 4) is 0 Å². The fraction of sp³-hybridized carbons (Fsp3) is 0.222. The topological polar surface area (TPSA) is 128 Å². The minimum absolute atomic E-state index is 0.0837. The van der Waals surface area contributed by atoms with Gasteiger partial charge in [-0.25, -0.2) is 19.2 Å². The smallest absolute Gasteiger partial charge is 0.351 e. The molecular formula is C36H35ClN2O8S2. The number of carbonyl (C=O) groups is 2. The summed E-state index contributed by atoms with van der Waals surface area (Å²) in [7, 11) is 6.20. The van der Waals surface area contributed by atoms with Gasteiger partial charge in [0.15, 0.2) is 11.2 Å². The number of nitrogens with zero attached hydrogens (tertiary/aromatic N) is 1. The van der Waals surface area contributed by atoms with E-state index in [-0.39, 0.29) is 11.1 Å². The van der Waals surface area contributed by atoms with Gasteiger partial charge in [-0.15, -0.1) is 34.3 Å². The van der Waals surface area contributed by atoms with E-state index >= 15 is 0 Å². The molecule has 0 bridgehead atoms. The lowest BCUT2D eigenvalue weighted by atomic mass is 10.1. The van der Waals surface area contributed by atoms with Gasteiger partial charge in [-0.1, -0.05) is 59.7 Å². The molecule has 1 N–H and O–H groups in total. The van der Waals surface area contributed by atoms with Gasteiger partial charge in [-0.2, -0.15) is 0 Å². The molecule has 0 aliphatic carbocycles. The summed E-state index contributed by atoms with van der Waals surface area (Å²) in [4.78, 5) is 48.2. The molecule has 6 rings (SSSR count). The summed E-state index contributed by atoms with van der Waals surface area (Å²) in [5.74, 6) is -0.760. The highest BCUT2D eigenvalue weighted by Gasteiger charge is 2.17. The van der Waals surface area contributed by atoms with Gasteiger partial charge in [0.25, 0.3) is 0 Å². The summed E-state index contributed by atoms with van der Waals surface area (Å²) >= 11 is 8.44. The number of benzene rings is 2. The third-order valence-corrected chi connectivity index (χ3v) is 9.65. The molecule has 13 heteroatoms. The predicted molar refractivity (Wildman–Crippen MR) is 197 cm³/mol. The Morgan fingerprint density at radius 1 is 0.755 bits per heavy atom. The molecular weight excluding hydrogens is 688 g/mol. The Bertz CT molecular complexity index is 2170. The number of thiophene rings is 2. The third-order valence-electron chi connectivity index (χ3n) is 7.08. The number of ether oxygens (including phenoxy) is 2. The number of carbonyl (C=O) groups excluding carboxylic acids is 2. The molecule has 4 heterocycles. The van der Waals surface area contributed by atoms with Gasteiger partial charge < -0.3 is 28.5 Å². The molecule has 256 valence electrons. The van der Waals surface area contributed by atoms with Crippen molar-refractivity contribution in [3.05, 3.63) is 127 Å². The molecule has 0 saturated carbocycles. The molecule has 4 aromatic heterocycles. The first kappa shape index (κ1) is 36.9. The second-order valence-corrected chi connectivity index (χ2v) is 13.2. The molecule has 0 atom stereocenters. The Labute approximate surface area is 295 Å². The summed E-state index contributed by atoms with van der Waals surface area (Å²) < 4.78 is 20.8. The fourth-order valence-electron chi connectivity index (χ4n) is 4.35. The van der Waals surface area contributed by atoms with Gasteiger partial charge >= 0.3 is 23.2 Å². The second-order valence-electron chi connectivity index (χ2n) is 10.7. The van der Waals surface area contributed by atoms with E-state index in [2.05, 4.69) is 69.9 Å². The SMILES string of the molecule is CNc1cc2oc(=O)c(C(=O)OC)cc2s1.COC(=O)c1cc2sc(N(C)Cc3ccc(C)cc3)cc2oc1=O.Cc1ccc(CCl)cc1. The van der Waals surface area contributed by atoms with Crippen LogP contribution in [0.1, 0.15) is 43.0 Å². The molecule has 6 aromatic rings. The number of hydrogen-bond donors (Lipinski definition) is 1. The fourth-order valence-corrected chi connectivity index (χ4v) is 6.40. The van der Waals surface area contributed by atoms with E-state index in [4.69, 9.17) is 20.4 Å². The third kappa shape index (κ3) is 9.59. The highest BCUT2D eigenvalue weighted by Crippen LogP contribution is 2.32. The van der Waals surface area contributed by atoms with Crippen molar-refractivity contribution in [2.24, 2.45) is 0 Å². The molecule has 0 spiro atoms. The first-order valence-corrected chi connectivity index (χ1v) is 17.0. The minimum Gasteiger partial charge on any atom is -0.465 e. The average molecular weight is 723 g/mol. The molecule has 0 saturated heterocycles. The van der Waals surface area contributed by atoms with Crippen LogP contribution in [0.25, 0.3) is 20.6 Å². The van der Waals surface area contributed by atoms with Gasteiger partial charge in [0.05, 0.1) is 33.6 Å². The van der Waals surface area contributed by atoms with Gasteiger partial charge in [0.1, 0.15) is 11.1 Å². The number of esters is 2. The van der Waals surface area contributed by atoms with Crippen molar-refractivity contribution in [3.63, 3.8) is 0 Å². The number of anilines is 2. The number of halogens is 1. The molecule has 0 aliphatic heterocycles. The van der Waals surface area contributed by atoms with Gasteiger partial charge in [-0.05, 0) is 37.1 Å². The lowest BCUT2D eigenvalue weighted by Gasteiger charge is -2.16. The van der Waals surface area contributed by atoms with E-state index in [0.717, 1.165) is 25.9 Å². The maximum atomic E-state index is 11.9. The maximum Gasteiger partial charge on any atom is 0.351 e. The average Bonchev–Trinajstić information content (AvgIpc) is 3.72. The van der Waals surface area contributed by atoms with Crippen LogP contribution < -0.4 is 21.5 Å². The van der Waals surface area contributed by atoms with Crippen LogP contribution in [0.4, 0.5) is 10.0 Å². The number of rotatable bonds is 7. The van der Waals surface area contributed by atoms with Crippen molar-refractivity contribution in [2.45, 2.75) is 26.3 Å². The van der Waals surface area contributed by atoms with Crippen LogP contribution in [0.15, 0.2) is 91.2 Å². The van der Waals surface area contributed by atoms with E-state index in [9.17, 15) is 19.2 Å². The molecule has 0 fully saturated rings. The number of hydrogen-bond acceptors (Lipinski definition) is 12. The normalized spacial score (nSPS) is 10.4. The van der Waals surface area contributed by atoms with E-state index in [1.165, 1.54) is 71.3 Å².